The van der Waals surface area contributed by atoms with Gasteiger partial charge in [0.1, 0.15) is 11.5 Å². The number of esters is 1. The van der Waals surface area contributed by atoms with Gasteiger partial charge in [-0.05, 0) is 6.07 Å². The molecule has 5 heteroatoms. The molecule has 112 valence electrons. The van der Waals surface area contributed by atoms with Gasteiger partial charge in [-0.1, -0.05) is 18.2 Å². The first-order valence-electron chi connectivity index (χ1n) is 6.72. The van der Waals surface area contributed by atoms with Crippen LogP contribution in [0.3, 0.4) is 0 Å². The fourth-order valence-electron chi connectivity index (χ4n) is 2.56. The fraction of sp³-hybridized carbons (Fsp3) is 0.176. The summed E-state index contributed by atoms with van der Waals surface area (Å²) < 4.78 is 15.6. The van der Waals surface area contributed by atoms with Crippen molar-refractivity contribution in [2.75, 3.05) is 21.3 Å². The van der Waals surface area contributed by atoms with Crippen LogP contribution >= 0.6 is 0 Å². The maximum absolute atomic E-state index is 12.3. The molecule has 3 aromatic rings. The molecule has 0 amide bonds. The minimum atomic E-state index is -0.424. The molecule has 2 aromatic carbocycles. The number of nitrogens with zero attached hydrogens (tertiary/aromatic N) is 1. The van der Waals surface area contributed by atoms with E-state index in [1.807, 2.05) is 24.3 Å². The third-order valence-electron chi connectivity index (χ3n) is 3.56. The fourth-order valence-corrected chi connectivity index (χ4v) is 2.56. The van der Waals surface area contributed by atoms with Gasteiger partial charge in [-0.15, -0.1) is 0 Å². The van der Waals surface area contributed by atoms with E-state index in [1.165, 1.54) is 7.11 Å². The molecule has 0 atom stereocenters. The van der Waals surface area contributed by atoms with Crippen LogP contribution in [0.25, 0.3) is 21.8 Å². The van der Waals surface area contributed by atoms with Gasteiger partial charge in [0.25, 0.3) is 0 Å². The van der Waals surface area contributed by atoms with Crippen molar-refractivity contribution >= 4 is 27.8 Å². The molecule has 1 aromatic heterocycles. The first-order valence-corrected chi connectivity index (χ1v) is 6.72. The Morgan fingerprint density at radius 1 is 1.00 bits per heavy atom. The second-order valence-electron chi connectivity index (χ2n) is 4.72. The molecule has 0 aliphatic rings. The van der Waals surface area contributed by atoms with Gasteiger partial charge in [0.15, 0.2) is 0 Å². The summed E-state index contributed by atoms with van der Waals surface area (Å²) in [5.41, 5.74) is 1.78. The number of benzene rings is 2. The number of methoxy groups -OCH3 is 3. The van der Waals surface area contributed by atoms with Crippen molar-refractivity contribution in [3.05, 3.63) is 42.0 Å². The number of carbonyl (C=O) groups excluding carboxylic acids is 1. The lowest BCUT2D eigenvalue weighted by atomic mass is 10.0. The van der Waals surface area contributed by atoms with E-state index in [9.17, 15) is 4.79 Å². The topological polar surface area (TPSA) is 57.7 Å². The van der Waals surface area contributed by atoms with Crippen LogP contribution < -0.4 is 9.47 Å². The van der Waals surface area contributed by atoms with Crippen LogP contribution in [0.15, 0.2) is 36.4 Å². The molecule has 3 rings (SSSR count). The zero-order chi connectivity index (χ0) is 15.7. The molecule has 0 unspecified atom stereocenters. The summed E-state index contributed by atoms with van der Waals surface area (Å²) in [7, 11) is 4.48. The Morgan fingerprint density at radius 2 is 1.77 bits per heavy atom. The van der Waals surface area contributed by atoms with E-state index in [4.69, 9.17) is 14.2 Å². The van der Waals surface area contributed by atoms with Crippen LogP contribution in [0.5, 0.6) is 11.5 Å². The Hall–Kier alpha value is -2.82. The summed E-state index contributed by atoms with van der Waals surface area (Å²) in [5.74, 6) is 0.711. The number of pyridine rings is 1. The number of fused-ring (bicyclic) bond motifs is 2. The van der Waals surface area contributed by atoms with Gasteiger partial charge in [0.05, 0.1) is 43.3 Å². The Kier molecular flexibility index (Phi) is 3.55. The third kappa shape index (κ3) is 2.11. The molecule has 0 fully saturated rings. The average Bonchev–Trinajstić information content (AvgIpc) is 2.57. The van der Waals surface area contributed by atoms with E-state index in [1.54, 1.807) is 26.4 Å². The molecule has 0 aliphatic heterocycles. The predicted octanol–water partition coefficient (Wildman–Crippen LogP) is 3.19. The number of carbonyl (C=O) groups is 1. The minimum Gasteiger partial charge on any atom is -0.497 e. The highest BCUT2D eigenvalue weighted by Gasteiger charge is 2.20. The molecule has 22 heavy (non-hydrogen) atoms. The first-order chi connectivity index (χ1) is 10.7. The van der Waals surface area contributed by atoms with E-state index >= 15 is 0 Å². The van der Waals surface area contributed by atoms with Gasteiger partial charge < -0.3 is 14.2 Å². The predicted molar refractivity (Wildman–Crippen MR) is 83.7 cm³/mol. The van der Waals surface area contributed by atoms with Crippen LogP contribution in [0, 0.1) is 0 Å². The number of para-hydroxylation sites is 1. The minimum absolute atomic E-state index is 0.424. The number of ether oxygens (including phenoxy) is 3. The smallest absolute Gasteiger partial charge is 0.339 e. The molecule has 0 saturated carbocycles. The molecule has 0 N–H and O–H groups in total. The Labute approximate surface area is 127 Å². The lowest BCUT2D eigenvalue weighted by molar-refractivity contribution is 0.0605. The molecular formula is C17H15NO4. The molecule has 0 saturated heterocycles. The SMILES string of the molecule is COC(=O)c1c2ccccc2nc2cc(OC)cc(OC)c12. The van der Waals surface area contributed by atoms with Crippen LogP contribution in [-0.2, 0) is 4.74 Å². The Bertz CT molecular complexity index is 873. The zero-order valence-corrected chi connectivity index (χ0v) is 12.5. The second-order valence-corrected chi connectivity index (χ2v) is 4.72. The number of aromatic nitrogens is 1. The molecule has 5 nitrogen and oxygen atoms in total. The summed E-state index contributed by atoms with van der Waals surface area (Å²) >= 11 is 0. The number of hydrogen-bond acceptors (Lipinski definition) is 5. The van der Waals surface area contributed by atoms with Gasteiger partial charge in [0, 0.05) is 17.5 Å². The highest BCUT2D eigenvalue weighted by atomic mass is 16.5. The maximum Gasteiger partial charge on any atom is 0.339 e. The van der Waals surface area contributed by atoms with Crippen LogP contribution in [0.2, 0.25) is 0 Å². The lowest BCUT2D eigenvalue weighted by Crippen LogP contribution is -2.05. The summed E-state index contributed by atoms with van der Waals surface area (Å²) in [6.45, 7) is 0. The monoisotopic (exact) mass is 297 g/mol. The van der Waals surface area contributed by atoms with Crippen LogP contribution in [0.4, 0.5) is 0 Å². The number of hydrogen-bond donors (Lipinski definition) is 0. The largest absolute Gasteiger partial charge is 0.497 e. The van der Waals surface area contributed by atoms with E-state index in [0.717, 1.165) is 5.39 Å². The quantitative estimate of drug-likeness (QED) is 0.549. The van der Waals surface area contributed by atoms with Gasteiger partial charge >= 0.3 is 5.97 Å². The van der Waals surface area contributed by atoms with Gasteiger partial charge in [-0.25, -0.2) is 9.78 Å². The van der Waals surface area contributed by atoms with Gasteiger partial charge in [-0.2, -0.15) is 0 Å². The van der Waals surface area contributed by atoms with Gasteiger partial charge in [0.2, 0.25) is 0 Å². The average molecular weight is 297 g/mol. The first kappa shape index (κ1) is 14.1. The van der Waals surface area contributed by atoms with Gasteiger partial charge in [-0.3, -0.25) is 0 Å². The third-order valence-corrected chi connectivity index (χ3v) is 3.56. The van der Waals surface area contributed by atoms with Crippen molar-refractivity contribution in [2.45, 2.75) is 0 Å². The van der Waals surface area contributed by atoms with Crippen molar-refractivity contribution in [3.8, 4) is 11.5 Å². The summed E-state index contributed by atoms with van der Waals surface area (Å²) in [5, 5.41) is 1.35. The highest BCUT2D eigenvalue weighted by molar-refractivity contribution is 6.16. The standard InChI is InChI=1S/C17H15NO4/c1-20-10-8-13-16(14(9-10)21-2)15(17(19)22-3)11-6-4-5-7-12(11)18-13/h4-9H,1-3H3. The summed E-state index contributed by atoms with van der Waals surface area (Å²) in [6.07, 6.45) is 0. The maximum atomic E-state index is 12.3. The van der Waals surface area contributed by atoms with Crippen LogP contribution in [-0.4, -0.2) is 32.3 Å². The van der Waals surface area contributed by atoms with Crippen molar-refractivity contribution in [2.24, 2.45) is 0 Å². The van der Waals surface area contributed by atoms with E-state index in [-0.39, 0.29) is 0 Å². The zero-order valence-electron chi connectivity index (χ0n) is 12.5. The summed E-state index contributed by atoms with van der Waals surface area (Å²) in [6, 6.07) is 10.9. The van der Waals surface area contributed by atoms with E-state index < -0.39 is 5.97 Å². The Morgan fingerprint density at radius 3 is 2.45 bits per heavy atom. The Balaban J connectivity index is 2.54. The molecule has 0 aliphatic carbocycles. The van der Waals surface area contributed by atoms with Crippen molar-refractivity contribution in [1.82, 2.24) is 4.98 Å². The highest BCUT2D eigenvalue weighted by Crippen LogP contribution is 2.36. The molecule has 1 heterocycles. The van der Waals surface area contributed by atoms with Crippen molar-refractivity contribution in [3.63, 3.8) is 0 Å². The summed E-state index contributed by atoms with van der Waals surface area (Å²) in [4.78, 5) is 16.9. The van der Waals surface area contributed by atoms with E-state index in [2.05, 4.69) is 4.98 Å². The van der Waals surface area contributed by atoms with Crippen molar-refractivity contribution in [1.29, 1.82) is 0 Å². The second kappa shape index (κ2) is 5.52. The van der Waals surface area contributed by atoms with Crippen LogP contribution in [0.1, 0.15) is 10.4 Å². The number of rotatable bonds is 3. The van der Waals surface area contributed by atoms with Crippen molar-refractivity contribution < 1.29 is 19.0 Å². The van der Waals surface area contributed by atoms with E-state index in [0.29, 0.717) is 33.5 Å². The lowest BCUT2D eigenvalue weighted by Gasteiger charge is -2.13. The molecule has 0 bridgehead atoms. The molecule has 0 spiro atoms. The normalized spacial score (nSPS) is 10.7. The molecular weight excluding hydrogens is 282 g/mol. The molecule has 0 radical (unpaired) electrons.